The van der Waals surface area contributed by atoms with Crippen molar-refractivity contribution < 1.29 is 14.7 Å². The summed E-state index contributed by atoms with van der Waals surface area (Å²) >= 11 is 0. The van der Waals surface area contributed by atoms with Gasteiger partial charge in [-0.05, 0) is 30.2 Å². The quantitative estimate of drug-likeness (QED) is 0.846. The molecular formula is C16H27N3O3. The number of rotatable bonds is 6. The van der Waals surface area contributed by atoms with E-state index >= 15 is 0 Å². The fourth-order valence-electron chi connectivity index (χ4n) is 2.20. The van der Waals surface area contributed by atoms with Gasteiger partial charge in [-0.1, -0.05) is 34.6 Å². The minimum Gasteiger partial charge on any atom is -0.480 e. The minimum atomic E-state index is -1.02. The summed E-state index contributed by atoms with van der Waals surface area (Å²) in [6.07, 6.45) is 1.11. The first-order valence-electron chi connectivity index (χ1n) is 7.59. The number of hydrogen-bond acceptors (Lipinski definition) is 3. The van der Waals surface area contributed by atoms with E-state index in [1.165, 1.54) is 0 Å². The van der Waals surface area contributed by atoms with Gasteiger partial charge in [0.15, 0.2) is 0 Å². The smallest absolute Gasteiger partial charge is 0.326 e. The van der Waals surface area contributed by atoms with Crippen LogP contribution in [0.1, 0.15) is 69.6 Å². The normalized spacial score (nSPS) is 13.2. The predicted molar refractivity (Wildman–Crippen MR) is 84.9 cm³/mol. The molecule has 124 valence electrons. The number of aliphatic carboxylic acids is 1. The van der Waals surface area contributed by atoms with Crippen molar-refractivity contribution in [1.82, 2.24) is 15.1 Å². The molecule has 0 radical (unpaired) electrons. The molecular weight excluding hydrogens is 282 g/mol. The van der Waals surface area contributed by atoms with E-state index in [1.54, 1.807) is 17.8 Å². The van der Waals surface area contributed by atoms with Crippen molar-refractivity contribution in [1.29, 1.82) is 0 Å². The van der Waals surface area contributed by atoms with Crippen molar-refractivity contribution in [2.75, 3.05) is 0 Å². The molecule has 0 aliphatic rings. The number of carbonyl (C=O) groups is 2. The number of aromatic nitrogens is 2. The maximum absolute atomic E-state index is 12.2. The van der Waals surface area contributed by atoms with E-state index in [0.717, 1.165) is 5.69 Å². The molecule has 0 saturated heterocycles. The zero-order valence-electron chi connectivity index (χ0n) is 14.3. The number of carboxylic acids is 1. The Hall–Kier alpha value is -1.85. The Labute approximate surface area is 131 Å². The molecule has 0 aromatic carbocycles. The molecule has 0 bridgehead atoms. The van der Waals surface area contributed by atoms with Gasteiger partial charge in [0.1, 0.15) is 11.7 Å². The van der Waals surface area contributed by atoms with Crippen molar-refractivity contribution in [2.24, 2.45) is 12.5 Å². The highest BCUT2D eigenvalue weighted by Gasteiger charge is 2.24. The second-order valence-corrected chi connectivity index (χ2v) is 7.20. The van der Waals surface area contributed by atoms with Crippen LogP contribution in [0.25, 0.3) is 0 Å². The van der Waals surface area contributed by atoms with Crippen molar-refractivity contribution >= 4 is 11.9 Å². The number of carboxylic acid groups (broad SMARTS) is 1. The van der Waals surface area contributed by atoms with Crippen LogP contribution in [0, 0.1) is 5.41 Å². The van der Waals surface area contributed by atoms with Crippen LogP contribution in [0.3, 0.4) is 0 Å². The van der Waals surface area contributed by atoms with Gasteiger partial charge in [-0.25, -0.2) is 4.79 Å². The number of nitrogens with zero attached hydrogens (tertiary/aromatic N) is 2. The molecule has 6 nitrogen and oxygen atoms in total. The number of amides is 1. The Morgan fingerprint density at radius 1 is 1.36 bits per heavy atom. The zero-order chi connectivity index (χ0) is 17.1. The first-order chi connectivity index (χ1) is 10.0. The Balaban J connectivity index is 2.79. The Kier molecular flexibility index (Phi) is 5.74. The molecule has 0 spiro atoms. The Bertz CT molecular complexity index is 541. The summed E-state index contributed by atoms with van der Waals surface area (Å²) in [7, 11) is 1.78. The van der Waals surface area contributed by atoms with Crippen LogP contribution in [0.5, 0.6) is 0 Å². The first kappa shape index (κ1) is 18.2. The minimum absolute atomic E-state index is 0.0221. The number of carbonyl (C=O) groups excluding carboxylic acids is 1. The summed E-state index contributed by atoms with van der Waals surface area (Å²) in [5.74, 6) is -1.21. The average Bonchev–Trinajstić information content (AvgIpc) is 2.75. The monoisotopic (exact) mass is 309 g/mol. The standard InChI is InChI=1S/C16H27N3O3/c1-10(2)13-9-12(18-19(13)6)14(20)17-11(15(21)22)7-8-16(3,4)5/h9-11H,7-8H2,1-6H3,(H,17,20)(H,21,22). The van der Waals surface area contributed by atoms with Gasteiger partial charge in [-0.3, -0.25) is 9.48 Å². The van der Waals surface area contributed by atoms with Crippen LogP contribution in [0.2, 0.25) is 0 Å². The molecule has 1 rings (SSSR count). The molecule has 0 aliphatic carbocycles. The molecule has 1 heterocycles. The van der Waals surface area contributed by atoms with Crippen LogP contribution in [0.15, 0.2) is 6.07 Å². The fourth-order valence-corrected chi connectivity index (χ4v) is 2.20. The topological polar surface area (TPSA) is 84.2 Å². The molecule has 1 aromatic heterocycles. The van der Waals surface area contributed by atoms with Gasteiger partial charge in [0.05, 0.1) is 0 Å². The van der Waals surface area contributed by atoms with Crippen molar-refractivity contribution in [3.8, 4) is 0 Å². The Morgan fingerprint density at radius 3 is 2.36 bits per heavy atom. The molecule has 0 aliphatic heterocycles. The highest BCUT2D eigenvalue weighted by Crippen LogP contribution is 2.22. The van der Waals surface area contributed by atoms with Crippen LogP contribution in [0.4, 0.5) is 0 Å². The molecule has 22 heavy (non-hydrogen) atoms. The molecule has 1 atom stereocenters. The van der Waals surface area contributed by atoms with Crippen molar-refractivity contribution in [3.05, 3.63) is 17.5 Å². The summed E-state index contributed by atoms with van der Waals surface area (Å²) in [5.41, 5.74) is 1.22. The Morgan fingerprint density at radius 2 is 1.95 bits per heavy atom. The van der Waals surface area contributed by atoms with Gasteiger partial charge >= 0.3 is 5.97 Å². The van der Waals surface area contributed by atoms with Crippen molar-refractivity contribution in [3.63, 3.8) is 0 Å². The van der Waals surface area contributed by atoms with E-state index < -0.39 is 17.9 Å². The maximum Gasteiger partial charge on any atom is 0.326 e. The number of aryl methyl sites for hydroxylation is 1. The highest BCUT2D eigenvalue weighted by molar-refractivity contribution is 5.95. The van der Waals surface area contributed by atoms with Gasteiger partial charge in [0.2, 0.25) is 0 Å². The third-order valence-corrected chi connectivity index (χ3v) is 3.53. The highest BCUT2D eigenvalue weighted by atomic mass is 16.4. The maximum atomic E-state index is 12.2. The van der Waals surface area contributed by atoms with Crippen LogP contribution >= 0.6 is 0 Å². The van der Waals surface area contributed by atoms with Gasteiger partial charge in [0.25, 0.3) is 5.91 Å². The zero-order valence-corrected chi connectivity index (χ0v) is 14.3. The number of nitrogens with one attached hydrogen (secondary N) is 1. The lowest BCUT2D eigenvalue weighted by Crippen LogP contribution is -2.41. The molecule has 1 aromatic rings. The molecule has 0 fully saturated rings. The second-order valence-electron chi connectivity index (χ2n) is 7.20. The van der Waals surface area contributed by atoms with E-state index in [-0.39, 0.29) is 17.0 Å². The van der Waals surface area contributed by atoms with E-state index in [4.69, 9.17) is 0 Å². The lowest BCUT2D eigenvalue weighted by atomic mass is 9.88. The van der Waals surface area contributed by atoms with Gasteiger partial charge in [0, 0.05) is 12.7 Å². The third-order valence-electron chi connectivity index (χ3n) is 3.53. The molecule has 1 unspecified atom stereocenters. The molecule has 2 N–H and O–H groups in total. The summed E-state index contributed by atoms with van der Waals surface area (Å²) in [4.78, 5) is 23.5. The van der Waals surface area contributed by atoms with Crippen LogP contribution in [-0.4, -0.2) is 32.8 Å². The SMILES string of the molecule is CC(C)c1cc(C(=O)NC(CCC(C)(C)C)C(=O)O)nn1C. The lowest BCUT2D eigenvalue weighted by molar-refractivity contribution is -0.139. The summed E-state index contributed by atoms with van der Waals surface area (Å²) in [5, 5.41) is 16.0. The second kappa shape index (κ2) is 6.94. The van der Waals surface area contributed by atoms with Crippen molar-refractivity contribution in [2.45, 2.75) is 59.4 Å². The van der Waals surface area contributed by atoms with Gasteiger partial charge in [-0.2, -0.15) is 5.10 Å². The van der Waals surface area contributed by atoms with E-state index in [2.05, 4.69) is 10.4 Å². The molecule has 1 amide bonds. The van der Waals surface area contributed by atoms with E-state index in [9.17, 15) is 14.7 Å². The number of hydrogen-bond donors (Lipinski definition) is 2. The summed E-state index contributed by atoms with van der Waals surface area (Å²) in [6.45, 7) is 10.2. The summed E-state index contributed by atoms with van der Waals surface area (Å²) in [6, 6.07) is 0.819. The summed E-state index contributed by atoms with van der Waals surface area (Å²) < 4.78 is 1.66. The van der Waals surface area contributed by atoms with Gasteiger partial charge in [-0.15, -0.1) is 0 Å². The van der Waals surface area contributed by atoms with Crippen LogP contribution in [-0.2, 0) is 11.8 Å². The lowest BCUT2D eigenvalue weighted by Gasteiger charge is -2.21. The molecule has 0 saturated carbocycles. The van der Waals surface area contributed by atoms with Crippen LogP contribution < -0.4 is 5.32 Å². The molecule has 6 heteroatoms. The largest absolute Gasteiger partial charge is 0.480 e. The van der Waals surface area contributed by atoms with E-state index in [0.29, 0.717) is 12.8 Å². The predicted octanol–water partition coefficient (Wildman–Crippen LogP) is 2.55. The fraction of sp³-hybridized carbons (Fsp3) is 0.688. The van der Waals surface area contributed by atoms with Gasteiger partial charge < -0.3 is 10.4 Å². The first-order valence-corrected chi connectivity index (χ1v) is 7.59. The third kappa shape index (κ3) is 5.16. The average molecular weight is 309 g/mol. The van der Waals surface area contributed by atoms with E-state index in [1.807, 2.05) is 34.6 Å².